The highest BCUT2D eigenvalue weighted by Crippen LogP contribution is 2.12. The van der Waals surface area contributed by atoms with Gasteiger partial charge >= 0.3 is 0 Å². The predicted molar refractivity (Wildman–Crippen MR) is 63.8 cm³/mol. The van der Waals surface area contributed by atoms with Crippen molar-refractivity contribution < 1.29 is 8.78 Å². The molecule has 2 N–H and O–H groups in total. The quantitative estimate of drug-likeness (QED) is 0.906. The van der Waals surface area contributed by atoms with Gasteiger partial charge in [0, 0.05) is 24.7 Å². The maximum absolute atomic E-state index is 13.1. The molecule has 94 valence electrons. The first kappa shape index (κ1) is 12.6. The van der Waals surface area contributed by atoms with E-state index in [1.165, 1.54) is 12.1 Å². The van der Waals surface area contributed by atoms with Crippen LogP contribution in [0.2, 0.25) is 0 Å². The number of hydrogen-bond acceptors (Lipinski definition) is 3. The first-order valence-corrected chi connectivity index (χ1v) is 5.55. The van der Waals surface area contributed by atoms with Crippen molar-refractivity contribution in [3.63, 3.8) is 0 Å². The Bertz CT molecular complexity index is 550. The molecule has 0 saturated carbocycles. The Kier molecular flexibility index (Phi) is 3.62. The normalized spacial score (nSPS) is 10.7. The van der Waals surface area contributed by atoms with Crippen LogP contribution in [0.5, 0.6) is 0 Å². The van der Waals surface area contributed by atoms with E-state index in [1.54, 1.807) is 6.07 Å². The summed E-state index contributed by atoms with van der Waals surface area (Å²) >= 11 is 0. The first-order valence-electron chi connectivity index (χ1n) is 5.55. The second-order valence-corrected chi connectivity index (χ2v) is 4.08. The molecule has 2 rings (SSSR count). The van der Waals surface area contributed by atoms with Crippen LogP contribution < -0.4 is 5.73 Å². The number of halogens is 2. The van der Waals surface area contributed by atoms with E-state index in [9.17, 15) is 8.78 Å². The van der Waals surface area contributed by atoms with E-state index >= 15 is 0 Å². The van der Waals surface area contributed by atoms with Crippen molar-refractivity contribution in [3.8, 4) is 0 Å². The number of nitrogens with two attached hydrogens (primary N) is 1. The van der Waals surface area contributed by atoms with Crippen molar-refractivity contribution >= 4 is 0 Å². The molecule has 0 unspecified atom stereocenters. The minimum atomic E-state index is -0.600. The van der Waals surface area contributed by atoms with Gasteiger partial charge in [0.25, 0.3) is 0 Å². The molecule has 0 spiro atoms. The highest BCUT2D eigenvalue weighted by atomic mass is 19.1. The fraction of sp³-hybridized carbons (Fsp3) is 0.231. The molecule has 0 fully saturated rings. The fourth-order valence-corrected chi connectivity index (χ4v) is 1.78. The molecule has 1 aromatic carbocycles. The second-order valence-electron chi connectivity index (χ2n) is 4.08. The van der Waals surface area contributed by atoms with Gasteiger partial charge in [0.05, 0.1) is 5.69 Å². The van der Waals surface area contributed by atoms with Crippen LogP contribution in [0.3, 0.4) is 0 Å². The van der Waals surface area contributed by atoms with Crippen LogP contribution in [-0.4, -0.2) is 9.97 Å². The highest BCUT2D eigenvalue weighted by molar-refractivity contribution is 5.22. The number of aromatic nitrogens is 2. The lowest BCUT2D eigenvalue weighted by Gasteiger charge is -2.05. The van der Waals surface area contributed by atoms with Crippen LogP contribution >= 0.6 is 0 Å². The van der Waals surface area contributed by atoms with E-state index < -0.39 is 11.6 Å². The Morgan fingerprint density at radius 3 is 2.33 bits per heavy atom. The number of nitrogens with zero attached hydrogens (tertiary/aromatic N) is 2. The van der Waals surface area contributed by atoms with Gasteiger partial charge in [0.1, 0.15) is 17.5 Å². The predicted octanol–water partition coefficient (Wildman–Crippen LogP) is 2.11. The molecule has 3 nitrogen and oxygen atoms in total. The third-order valence-electron chi connectivity index (χ3n) is 2.45. The Morgan fingerprint density at radius 2 is 1.72 bits per heavy atom. The van der Waals surface area contributed by atoms with Gasteiger partial charge in [-0.05, 0) is 30.7 Å². The lowest BCUT2D eigenvalue weighted by molar-refractivity contribution is 0.580. The van der Waals surface area contributed by atoms with E-state index in [0.717, 1.165) is 17.5 Å². The zero-order valence-electron chi connectivity index (χ0n) is 9.95. The third-order valence-corrected chi connectivity index (χ3v) is 2.45. The van der Waals surface area contributed by atoms with Crippen molar-refractivity contribution in [1.29, 1.82) is 0 Å². The Morgan fingerprint density at radius 1 is 1.06 bits per heavy atom. The molecule has 0 aliphatic carbocycles. The number of rotatable bonds is 3. The van der Waals surface area contributed by atoms with Gasteiger partial charge in [0.15, 0.2) is 0 Å². The van der Waals surface area contributed by atoms with Crippen molar-refractivity contribution in [3.05, 3.63) is 58.7 Å². The topological polar surface area (TPSA) is 51.8 Å². The van der Waals surface area contributed by atoms with E-state index in [1.807, 2.05) is 6.92 Å². The zero-order valence-corrected chi connectivity index (χ0v) is 9.95. The molecule has 0 aliphatic rings. The summed E-state index contributed by atoms with van der Waals surface area (Å²) in [5.74, 6) is -0.686. The molecule has 0 amide bonds. The van der Waals surface area contributed by atoms with Gasteiger partial charge in [-0.25, -0.2) is 18.7 Å². The number of aryl methyl sites for hydroxylation is 1. The van der Waals surface area contributed by atoms with Gasteiger partial charge in [-0.15, -0.1) is 0 Å². The number of hydrogen-bond donors (Lipinski definition) is 1. The van der Waals surface area contributed by atoms with Crippen LogP contribution in [0.4, 0.5) is 8.78 Å². The van der Waals surface area contributed by atoms with Gasteiger partial charge in [-0.1, -0.05) is 0 Å². The average Bonchev–Trinajstić information content (AvgIpc) is 2.26. The van der Waals surface area contributed by atoms with Gasteiger partial charge in [-0.3, -0.25) is 0 Å². The molecule has 0 bridgehead atoms. The summed E-state index contributed by atoms with van der Waals surface area (Å²) in [7, 11) is 0. The van der Waals surface area contributed by atoms with Crippen molar-refractivity contribution in [1.82, 2.24) is 9.97 Å². The molecule has 0 saturated heterocycles. The molecular weight excluding hydrogens is 236 g/mol. The number of benzene rings is 1. The standard InChI is InChI=1S/C13H13F2N3/c1-8-2-12(7-16)18-13(17-8)5-9-3-10(14)6-11(15)4-9/h2-4,6H,5,7,16H2,1H3. The van der Waals surface area contributed by atoms with Crippen LogP contribution in [0.25, 0.3) is 0 Å². The lowest BCUT2D eigenvalue weighted by atomic mass is 10.1. The molecule has 2 aromatic rings. The van der Waals surface area contributed by atoms with Gasteiger partial charge < -0.3 is 5.73 Å². The molecular formula is C13H13F2N3. The van der Waals surface area contributed by atoms with Crippen LogP contribution in [0, 0.1) is 18.6 Å². The largest absolute Gasteiger partial charge is 0.325 e. The minimum absolute atomic E-state index is 0.281. The van der Waals surface area contributed by atoms with Crippen LogP contribution in [0.1, 0.15) is 22.8 Å². The molecule has 1 heterocycles. The Balaban J connectivity index is 2.30. The zero-order chi connectivity index (χ0) is 13.1. The van der Waals surface area contributed by atoms with E-state index in [2.05, 4.69) is 9.97 Å². The smallest absolute Gasteiger partial charge is 0.133 e. The first-order chi connectivity index (χ1) is 8.56. The Labute approximate surface area is 104 Å². The Hall–Kier alpha value is -1.88. The fourth-order valence-electron chi connectivity index (χ4n) is 1.78. The maximum atomic E-state index is 13.1. The summed E-state index contributed by atoms with van der Waals surface area (Å²) in [6.07, 6.45) is 0.281. The summed E-state index contributed by atoms with van der Waals surface area (Å²) < 4.78 is 26.1. The molecule has 5 heteroatoms. The third kappa shape index (κ3) is 3.07. The highest BCUT2D eigenvalue weighted by Gasteiger charge is 2.06. The summed E-state index contributed by atoms with van der Waals surface area (Å²) in [5.41, 5.74) is 7.53. The second kappa shape index (κ2) is 5.18. The maximum Gasteiger partial charge on any atom is 0.133 e. The molecule has 18 heavy (non-hydrogen) atoms. The molecule has 0 aliphatic heterocycles. The molecule has 0 radical (unpaired) electrons. The van der Waals surface area contributed by atoms with E-state index in [4.69, 9.17) is 5.73 Å². The average molecular weight is 249 g/mol. The lowest BCUT2D eigenvalue weighted by Crippen LogP contribution is -2.06. The van der Waals surface area contributed by atoms with Crippen molar-refractivity contribution in [2.75, 3.05) is 0 Å². The monoisotopic (exact) mass is 249 g/mol. The van der Waals surface area contributed by atoms with Gasteiger partial charge in [0.2, 0.25) is 0 Å². The van der Waals surface area contributed by atoms with Crippen LogP contribution in [-0.2, 0) is 13.0 Å². The molecule has 1 aromatic heterocycles. The van der Waals surface area contributed by atoms with E-state index in [-0.39, 0.29) is 6.42 Å². The summed E-state index contributed by atoms with van der Waals surface area (Å²) in [4.78, 5) is 8.45. The summed E-state index contributed by atoms with van der Waals surface area (Å²) in [5, 5.41) is 0. The summed E-state index contributed by atoms with van der Waals surface area (Å²) in [6.45, 7) is 2.14. The van der Waals surface area contributed by atoms with Crippen LogP contribution in [0.15, 0.2) is 24.3 Å². The van der Waals surface area contributed by atoms with Crippen molar-refractivity contribution in [2.24, 2.45) is 5.73 Å². The van der Waals surface area contributed by atoms with Gasteiger partial charge in [-0.2, -0.15) is 0 Å². The van der Waals surface area contributed by atoms with E-state index in [0.29, 0.717) is 17.9 Å². The summed E-state index contributed by atoms with van der Waals surface area (Å²) in [6, 6.07) is 5.18. The molecule has 0 atom stereocenters. The SMILES string of the molecule is Cc1cc(CN)nc(Cc2cc(F)cc(F)c2)n1. The minimum Gasteiger partial charge on any atom is -0.325 e. The van der Waals surface area contributed by atoms with Crippen molar-refractivity contribution in [2.45, 2.75) is 19.9 Å².